The van der Waals surface area contributed by atoms with E-state index in [4.69, 9.17) is 25.4 Å². The van der Waals surface area contributed by atoms with E-state index in [1.807, 2.05) is 48.5 Å². The van der Waals surface area contributed by atoms with Crippen LogP contribution in [-0.2, 0) is 6.54 Å². The summed E-state index contributed by atoms with van der Waals surface area (Å²) in [5.74, 6) is 1.20. The summed E-state index contributed by atoms with van der Waals surface area (Å²) in [6, 6.07) is 20.5. The third kappa shape index (κ3) is 3.84. The smallest absolute Gasteiger partial charge is 0.255 e. The van der Waals surface area contributed by atoms with Crippen molar-refractivity contribution in [2.75, 3.05) is 0 Å². The molecular weight excluding hydrogens is 452 g/mol. The number of nitrogens with zero attached hydrogens (tertiary/aromatic N) is 4. The van der Waals surface area contributed by atoms with Crippen LogP contribution in [0.4, 0.5) is 0 Å². The van der Waals surface area contributed by atoms with E-state index >= 15 is 0 Å². The molecule has 6 rings (SSSR count). The number of aromatic nitrogens is 3. The molecule has 0 aliphatic heterocycles. The molecule has 1 aliphatic carbocycles. The van der Waals surface area contributed by atoms with E-state index in [9.17, 15) is 4.79 Å². The lowest BCUT2D eigenvalue weighted by atomic mass is 10.1. The summed E-state index contributed by atoms with van der Waals surface area (Å²) in [6.45, 7) is 0.216. The van der Waals surface area contributed by atoms with Crippen molar-refractivity contribution in [1.82, 2.24) is 20.1 Å². The summed E-state index contributed by atoms with van der Waals surface area (Å²) in [4.78, 5) is 20.3. The van der Waals surface area contributed by atoms with E-state index in [-0.39, 0.29) is 18.5 Å². The van der Waals surface area contributed by atoms with Gasteiger partial charge in [0.2, 0.25) is 11.8 Å². The number of hydrogen-bond acceptors (Lipinski definition) is 6. The topological polar surface area (TPSA) is 85.3 Å². The molecule has 0 unspecified atom stereocenters. The molecule has 0 spiro atoms. The van der Waals surface area contributed by atoms with Gasteiger partial charge in [0.1, 0.15) is 5.69 Å². The van der Waals surface area contributed by atoms with Crippen LogP contribution in [0.25, 0.3) is 33.8 Å². The number of carbonyl (C=O) groups excluding carboxylic acids is 1. The van der Waals surface area contributed by atoms with Crippen LogP contribution >= 0.6 is 11.6 Å². The van der Waals surface area contributed by atoms with Crippen molar-refractivity contribution in [3.63, 3.8) is 0 Å². The van der Waals surface area contributed by atoms with Crippen LogP contribution in [0, 0.1) is 0 Å². The zero-order valence-corrected chi connectivity index (χ0v) is 18.8. The summed E-state index contributed by atoms with van der Waals surface area (Å²) in [7, 11) is 0. The molecule has 5 aromatic rings. The normalized spacial score (nSPS) is 13.3. The monoisotopic (exact) mass is 470 g/mol. The first-order chi connectivity index (χ1) is 16.7. The van der Waals surface area contributed by atoms with Crippen LogP contribution in [0.5, 0.6) is 0 Å². The van der Waals surface area contributed by atoms with Gasteiger partial charge in [0.05, 0.1) is 34.5 Å². The van der Waals surface area contributed by atoms with Crippen molar-refractivity contribution in [1.29, 1.82) is 0 Å². The zero-order chi connectivity index (χ0) is 23.1. The van der Waals surface area contributed by atoms with Gasteiger partial charge in [0, 0.05) is 11.4 Å². The molecule has 3 aromatic heterocycles. The first-order valence-electron chi connectivity index (χ1n) is 11.0. The van der Waals surface area contributed by atoms with Gasteiger partial charge in [-0.25, -0.2) is 4.98 Å². The Morgan fingerprint density at radius 2 is 1.85 bits per heavy atom. The number of halogens is 1. The minimum absolute atomic E-state index is 0.105. The minimum atomic E-state index is -0.105. The highest BCUT2D eigenvalue weighted by molar-refractivity contribution is 6.33. The lowest BCUT2D eigenvalue weighted by molar-refractivity contribution is 0.0716. The quantitative estimate of drug-likeness (QED) is 0.302. The molecule has 1 amide bonds. The van der Waals surface area contributed by atoms with Crippen molar-refractivity contribution < 1.29 is 13.6 Å². The van der Waals surface area contributed by atoms with Gasteiger partial charge in [-0.1, -0.05) is 41.9 Å². The highest BCUT2D eigenvalue weighted by Crippen LogP contribution is 2.33. The maximum absolute atomic E-state index is 13.9. The predicted octanol–water partition coefficient (Wildman–Crippen LogP) is 6.00. The van der Waals surface area contributed by atoms with Gasteiger partial charge in [-0.15, -0.1) is 10.2 Å². The number of rotatable bonds is 6. The number of fused-ring (bicyclic) bond motifs is 1. The minimum Gasteiger partial charge on any atom is -0.463 e. The molecule has 1 saturated carbocycles. The summed E-state index contributed by atoms with van der Waals surface area (Å²) in [5, 5.41) is 9.65. The van der Waals surface area contributed by atoms with Crippen molar-refractivity contribution in [3.8, 4) is 22.9 Å². The van der Waals surface area contributed by atoms with Gasteiger partial charge < -0.3 is 13.7 Å². The summed E-state index contributed by atoms with van der Waals surface area (Å²) in [6.07, 6.45) is 3.47. The number of benzene rings is 2. The Kier molecular flexibility index (Phi) is 5.11. The third-order valence-electron chi connectivity index (χ3n) is 5.85. The molecule has 168 valence electrons. The lowest BCUT2D eigenvalue weighted by Crippen LogP contribution is -2.33. The summed E-state index contributed by atoms with van der Waals surface area (Å²) < 4.78 is 11.4. The second kappa shape index (κ2) is 8.43. The van der Waals surface area contributed by atoms with Gasteiger partial charge in [0.25, 0.3) is 5.91 Å². The molecule has 0 atom stereocenters. The van der Waals surface area contributed by atoms with Gasteiger partial charge in [-0.05, 0) is 49.2 Å². The Labute approximate surface area is 200 Å². The van der Waals surface area contributed by atoms with E-state index < -0.39 is 0 Å². The van der Waals surface area contributed by atoms with Crippen molar-refractivity contribution in [2.24, 2.45) is 0 Å². The third-order valence-corrected chi connectivity index (χ3v) is 6.18. The molecule has 1 aliphatic rings. The lowest BCUT2D eigenvalue weighted by Gasteiger charge is -2.21. The SMILES string of the molecule is O=C(c1cc(-c2ccco2)nc2ccccc12)N(Cc1nnc(-c2ccccc2Cl)o1)C1CC1. The summed E-state index contributed by atoms with van der Waals surface area (Å²) >= 11 is 6.27. The second-order valence-corrected chi connectivity index (χ2v) is 8.60. The Hall–Kier alpha value is -3.97. The molecule has 1 fully saturated rings. The molecule has 0 radical (unpaired) electrons. The Morgan fingerprint density at radius 3 is 2.65 bits per heavy atom. The Morgan fingerprint density at radius 1 is 1.03 bits per heavy atom. The second-order valence-electron chi connectivity index (χ2n) is 8.19. The highest BCUT2D eigenvalue weighted by Gasteiger charge is 2.35. The number of para-hydroxylation sites is 1. The average molecular weight is 471 g/mol. The fourth-order valence-corrected chi connectivity index (χ4v) is 4.23. The molecule has 8 heteroatoms. The Bertz CT molecular complexity index is 1490. The van der Waals surface area contributed by atoms with Crippen LogP contribution in [0.3, 0.4) is 0 Å². The van der Waals surface area contributed by atoms with Crippen molar-refractivity contribution in [2.45, 2.75) is 25.4 Å². The van der Waals surface area contributed by atoms with Gasteiger partial charge >= 0.3 is 0 Å². The van der Waals surface area contributed by atoms with E-state index in [1.54, 1.807) is 29.4 Å². The summed E-state index contributed by atoms with van der Waals surface area (Å²) in [5.41, 5.74) is 2.57. The number of furan rings is 1. The number of pyridine rings is 1. The van der Waals surface area contributed by atoms with Crippen LogP contribution in [0.2, 0.25) is 5.02 Å². The van der Waals surface area contributed by atoms with Crippen LogP contribution in [0.15, 0.2) is 81.8 Å². The molecular formula is C26H19ClN4O3. The van der Waals surface area contributed by atoms with Gasteiger partial charge in [0.15, 0.2) is 5.76 Å². The fourth-order valence-electron chi connectivity index (χ4n) is 4.02. The average Bonchev–Trinajstić information content (AvgIpc) is 3.35. The number of hydrogen-bond donors (Lipinski definition) is 0. The molecule has 0 saturated heterocycles. The van der Waals surface area contributed by atoms with Crippen LogP contribution in [-0.4, -0.2) is 32.0 Å². The van der Waals surface area contributed by atoms with Gasteiger partial charge in [-0.3, -0.25) is 4.79 Å². The number of amides is 1. The molecule has 0 bridgehead atoms. The Balaban J connectivity index is 1.36. The molecule has 34 heavy (non-hydrogen) atoms. The largest absolute Gasteiger partial charge is 0.463 e. The molecule has 0 N–H and O–H groups in total. The van der Waals surface area contributed by atoms with E-state index in [0.29, 0.717) is 39.4 Å². The van der Waals surface area contributed by atoms with E-state index in [0.717, 1.165) is 23.7 Å². The van der Waals surface area contributed by atoms with Crippen LogP contribution in [0.1, 0.15) is 29.1 Å². The van der Waals surface area contributed by atoms with Crippen molar-refractivity contribution >= 4 is 28.4 Å². The molecule has 2 aromatic carbocycles. The first kappa shape index (κ1) is 20.6. The molecule has 3 heterocycles. The maximum Gasteiger partial charge on any atom is 0.255 e. The van der Waals surface area contributed by atoms with E-state index in [2.05, 4.69) is 10.2 Å². The van der Waals surface area contributed by atoms with Crippen LogP contribution < -0.4 is 0 Å². The maximum atomic E-state index is 13.9. The standard InChI is InChI=1S/C26H19ClN4O3/c27-20-8-3-1-7-18(20)25-30-29-24(34-25)15-31(16-11-12-16)26(32)19-14-22(23-10-5-13-33-23)28-21-9-4-2-6-17(19)21/h1-10,13-14,16H,11-12,15H2. The highest BCUT2D eigenvalue weighted by atomic mass is 35.5. The van der Waals surface area contributed by atoms with Crippen molar-refractivity contribution in [3.05, 3.63) is 89.5 Å². The first-order valence-corrected chi connectivity index (χ1v) is 11.4. The van der Waals surface area contributed by atoms with E-state index in [1.165, 1.54) is 0 Å². The van der Waals surface area contributed by atoms with Gasteiger partial charge in [-0.2, -0.15) is 0 Å². The molecule has 7 nitrogen and oxygen atoms in total. The number of carbonyl (C=O) groups is 1. The zero-order valence-electron chi connectivity index (χ0n) is 18.0. The fraction of sp³-hybridized carbons (Fsp3) is 0.154. The predicted molar refractivity (Wildman–Crippen MR) is 127 cm³/mol.